The fourth-order valence-electron chi connectivity index (χ4n) is 5.25. The molecular formula is C26H16N2. The highest BCUT2D eigenvalue weighted by atomic mass is 14.6. The molecule has 0 saturated carbocycles. The largest absolute Gasteiger partial charge is 0.398 e. The minimum Gasteiger partial charge on any atom is -0.398 e. The average molecular weight is 356 g/mol. The lowest BCUT2D eigenvalue weighted by Crippen LogP contribution is -2.26. The molecule has 0 bridgehead atoms. The number of rotatable bonds is 0. The first-order valence-electron chi connectivity index (χ1n) is 9.40. The number of nitrogens with two attached hydrogens (primary N) is 1. The Balaban J connectivity index is 1.87. The highest BCUT2D eigenvalue weighted by molar-refractivity contribution is 5.96. The summed E-state index contributed by atoms with van der Waals surface area (Å²) < 4.78 is 0. The van der Waals surface area contributed by atoms with E-state index in [9.17, 15) is 5.26 Å². The molecule has 0 radical (unpaired) electrons. The van der Waals surface area contributed by atoms with Gasteiger partial charge in [-0.15, -0.1) is 0 Å². The molecule has 0 fully saturated rings. The molecule has 28 heavy (non-hydrogen) atoms. The van der Waals surface area contributed by atoms with Crippen LogP contribution in [0.1, 0.15) is 27.8 Å². The van der Waals surface area contributed by atoms with Crippen LogP contribution in [0.3, 0.4) is 0 Å². The van der Waals surface area contributed by atoms with Crippen LogP contribution in [0.2, 0.25) is 0 Å². The average Bonchev–Trinajstić information content (AvgIpc) is 3.20. The highest BCUT2D eigenvalue weighted by Crippen LogP contribution is 2.62. The van der Waals surface area contributed by atoms with Crippen LogP contribution in [0.25, 0.3) is 22.3 Å². The van der Waals surface area contributed by atoms with Crippen molar-refractivity contribution in [2.75, 3.05) is 5.73 Å². The first-order chi connectivity index (χ1) is 13.8. The van der Waals surface area contributed by atoms with Crippen LogP contribution in [0.5, 0.6) is 0 Å². The second-order valence-corrected chi connectivity index (χ2v) is 7.48. The van der Waals surface area contributed by atoms with E-state index in [0.717, 1.165) is 11.1 Å². The van der Waals surface area contributed by atoms with Crippen molar-refractivity contribution in [1.82, 2.24) is 0 Å². The summed E-state index contributed by atoms with van der Waals surface area (Å²) in [5.41, 5.74) is 16.7. The van der Waals surface area contributed by atoms with E-state index >= 15 is 0 Å². The van der Waals surface area contributed by atoms with E-state index in [0.29, 0.717) is 11.3 Å². The quantitative estimate of drug-likeness (QED) is 0.366. The summed E-state index contributed by atoms with van der Waals surface area (Å²) in [5, 5.41) is 9.66. The van der Waals surface area contributed by atoms with Crippen LogP contribution >= 0.6 is 0 Å². The summed E-state index contributed by atoms with van der Waals surface area (Å²) in [7, 11) is 0. The van der Waals surface area contributed by atoms with Gasteiger partial charge in [0.05, 0.1) is 16.7 Å². The third-order valence-corrected chi connectivity index (χ3v) is 6.29. The number of nitriles is 1. The molecule has 130 valence electrons. The number of nitrogen functional groups attached to an aromatic ring is 1. The molecule has 1 spiro atoms. The van der Waals surface area contributed by atoms with Crippen molar-refractivity contribution in [2.24, 2.45) is 0 Å². The maximum absolute atomic E-state index is 9.66. The summed E-state index contributed by atoms with van der Waals surface area (Å²) in [4.78, 5) is 0. The molecule has 2 heteroatoms. The molecule has 0 atom stereocenters. The lowest BCUT2D eigenvalue weighted by atomic mass is 9.70. The number of benzene rings is 4. The van der Waals surface area contributed by atoms with Gasteiger partial charge >= 0.3 is 0 Å². The Morgan fingerprint density at radius 2 is 1.07 bits per heavy atom. The zero-order valence-electron chi connectivity index (χ0n) is 15.1. The van der Waals surface area contributed by atoms with E-state index in [1.54, 1.807) is 0 Å². The molecule has 2 aliphatic carbocycles. The van der Waals surface area contributed by atoms with E-state index in [1.807, 2.05) is 12.1 Å². The first-order valence-corrected chi connectivity index (χ1v) is 9.40. The fourth-order valence-corrected chi connectivity index (χ4v) is 5.25. The van der Waals surface area contributed by atoms with Gasteiger partial charge in [-0.2, -0.15) is 5.26 Å². The minimum absolute atomic E-state index is 0.404. The highest BCUT2D eigenvalue weighted by Gasteiger charge is 2.51. The van der Waals surface area contributed by atoms with Gasteiger partial charge in [0.25, 0.3) is 0 Å². The van der Waals surface area contributed by atoms with Crippen molar-refractivity contribution in [2.45, 2.75) is 5.41 Å². The van der Waals surface area contributed by atoms with Crippen LogP contribution < -0.4 is 5.73 Å². The number of anilines is 1. The lowest BCUT2D eigenvalue weighted by Gasteiger charge is -2.30. The van der Waals surface area contributed by atoms with Crippen molar-refractivity contribution >= 4 is 5.69 Å². The van der Waals surface area contributed by atoms with E-state index in [2.05, 4.69) is 78.9 Å². The summed E-state index contributed by atoms with van der Waals surface area (Å²) in [6.45, 7) is 0. The van der Waals surface area contributed by atoms with Crippen molar-refractivity contribution in [3.05, 3.63) is 113 Å². The molecule has 0 amide bonds. The SMILES string of the molecule is N#Cc1cc2c(cc1N)-c1ccccc1C21c2ccccc2-c2ccccc21. The molecule has 0 aliphatic heterocycles. The summed E-state index contributed by atoms with van der Waals surface area (Å²) in [6, 6.07) is 32.1. The van der Waals surface area contributed by atoms with Crippen LogP contribution in [-0.2, 0) is 5.41 Å². The van der Waals surface area contributed by atoms with Gasteiger partial charge in [0.15, 0.2) is 0 Å². The molecule has 0 heterocycles. The van der Waals surface area contributed by atoms with Gasteiger partial charge in [-0.3, -0.25) is 0 Å². The Labute approximate surface area is 163 Å². The van der Waals surface area contributed by atoms with Gasteiger partial charge in [-0.1, -0.05) is 72.8 Å². The fraction of sp³-hybridized carbons (Fsp3) is 0.0385. The van der Waals surface area contributed by atoms with Gasteiger partial charge in [0.1, 0.15) is 6.07 Å². The van der Waals surface area contributed by atoms with E-state index in [4.69, 9.17) is 5.73 Å². The zero-order chi connectivity index (χ0) is 18.9. The Morgan fingerprint density at radius 1 is 0.607 bits per heavy atom. The number of nitrogens with zero attached hydrogens (tertiary/aromatic N) is 1. The Morgan fingerprint density at radius 3 is 1.57 bits per heavy atom. The van der Waals surface area contributed by atoms with Crippen molar-refractivity contribution < 1.29 is 0 Å². The van der Waals surface area contributed by atoms with Gasteiger partial charge in [0.2, 0.25) is 0 Å². The lowest BCUT2D eigenvalue weighted by molar-refractivity contribution is 0.793. The van der Waals surface area contributed by atoms with Crippen LogP contribution in [0, 0.1) is 11.3 Å². The molecule has 0 unspecified atom stereocenters. The second kappa shape index (κ2) is 5.12. The smallest absolute Gasteiger partial charge is 0.101 e. The van der Waals surface area contributed by atoms with Crippen LogP contribution in [0.15, 0.2) is 84.9 Å². The standard InChI is InChI=1S/C26H16N2/c27-15-16-13-24-20(14-25(16)28)19-9-3-6-12-23(19)26(24)21-10-4-1-7-17(21)18-8-2-5-11-22(18)26/h1-14H,28H2. The van der Waals surface area contributed by atoms with Crippen LogP contribution in [-0.4, -0.2) is 0 Å². The Kier molecular flexibility index (Phi) is 2.79. The van der Waals surface area contributed by atoms with Gasteiger partial charge in [-0.05, 0) is 56.6 Å². The Hall–Kier alpha value is -3.83. The number of hydrogen-bond acceptors (Lipinski definition) is 2. The van der Waals surface area contributed by atoms with Crippen LogP contribution in [0.4, 0.5) is 5.69 Å². The summed E-state index contributed by atoms with van der Waals surface area (Å²) >= 11 is 0. The molecule has 2 aliphatic rings. The normalized spacial score (nSPS) is 14.1. The number of hydrogen-bond donors (Lipinski definition) is 1. The molecule has 4 aromatic carbocycles. The molecule has 0 aromatic heterocycles. The predicted molar refractivity (Wildman–Crippen MR) is 112 cm³/mol. The maximum atomic E-state index is 9.66. The molecule has 6 rings (SSSR count). The first kappa shape index (κ1) is 15.2. The van der Waals surface area contributed by atoms with Crippen molar-refractivity contribution in [3.8, 4) is 28.3 Å². The predicted octanol–water partition coefficient (Wildman–Crippen LogP) is 5.48. The van der Waals surface area contributed by atoms with Gasteiger partial charge in [0, 0.05) is 0 Å². The van der Waals surface area contributed by atoms with Crippen molar-refractivity contribution in [3.63, 3.8) is 0 Å². The topological polar surface area (TPSA) is 49.8 Å². The minimum atomic E-state index is -0.404. The monoisotopic (exact) mass is 356 g/mol. The molecule has 2 N–H and O–H groups in total. The maximum Gasteiger partial charge on any atom is 0.101 e. The van der Waals surface area contributed by atoms with E-state index in [1.165, 1.54) is 33.4 Å². The second-order valence-electron chi connectivity index (χ2n) is 7.48. The third kappa shape index (κ3) is 1.59. The molecule has 4 aromatic rings. The van der Waals surface area contributed by atoms with Gasteiger partial charge < -0.3 is 5.73 Å². The summed E-state index contributed by atoms with van der Waals surface area (Å²) in [6.07, 6.45) is 0. The third-order valence-electron chi connectivity index (χ3n) is 6.29. The number of fused-ring (bicyclic) bond motifs is 10. The molecule has 2 nitrogen and oxygen atoms in total. The Bertz CT molecular complexity index is 1300. The van der Waals surface area contributed by atoms with E-state index < -0.39 is 5.41 Å². The molecular weight excluding hydrogens is 340 g/mol. The summed E-state index contributed by atoms with van der Waals surface area (Å²) in [5.74, 6) is 0. The van der Waals surface area contributed by atoms with E-state index in [-0.39, 0.29) is 0 Å². The molecule has 0 saturated heterocycles. The van der Waals surface area contributed by atoms with Gasteiger partial charge in [-0.25, -0.2) is 0 Å². The zero-order valence-corrected chi connectivity index (χ0v) is 15.1. The van der Waals surface area contributed by atoms with Crippen molar-refractivity contribution in [1.29, 1.82) is 5.26 Å².